The summed E-state index contributed by atoms with van der Waals surface area (Å²) in [5.74, 6) is 0.764. The molecule has 1 aliphatic rings. The summed E-state index contributed by atoms with van der Waals surface area (Å²) < 4.78 is 0. The maximum atomic E-state index is 2.71. The van der Waals surface area contributed by atoms with Crippen LogP contribution in [-0.4, -0.2) is 40.7 Å². The SMILES string of the molecule is CC(Cc1ccc([Si](C)(C)C)cc1)CN1CC[Si](C)(C)CC1. The first-order chi connectivity index (χ1) is 10.2. The summed E-state index contributed by atoms with van der Waals surface area (Å²) in [6, 6.07) is 12.5. The van der Waals surface area contributed by atoms with Crippen LogP contribution in [0.15, 0.2) is 24.3 Å². The smallest absolute Gasteiger partial charge is 0.0775 e. The molecule has 1 aromatic rings. The number of benzene rings is 1. The van der Waals surface area contributed by atoms with E-state index in [4.69, 9.17) is 0 Å². The van der Waals surface area contributed by atoms with Gasteiger partial charge in [-0.25, -0.2) is 0 Å². The van der Waals surface area contributed by atoms with Gasteiger partial charge in [-0.05, 0) is 43.1 Å². The fraction of sp³-hybridized carbons (Fsp3) is 0.684. The Hall–Kier alpha value is -0.386. The zero-order valence-electron chi connectivity index (χ0n) is 15.6. The third-order valence-corrected chi connectivity index (χ3v) is 10.4. The van der Waals surface area contributed by atoms with Crippen LogP contribution in [0.5, 0.6) is 0 Å². The Morgan fingerprint density at radius 3 is 2.09 bits per heavy atom. The predicted octanol–water partition coefficient (Wildman–Crippen LogP) is 4.43. The molecule has 1 atom stereocenters. The molecule has 1 aromatic carbocycles. The van der Waals surface area contributed by atoms with Gasteiger partial charge in [-0.3, -0.25) is 0 Å². The molecule has 1 unspecified atom stereocenters. The zero-order chi connectivity index (χ0) is 16.4. The van der Waals surface area contributed by atoms with Crippen LogP contribution in [0.3, 0.4) is 0 Å². The summed E-state index contributed by atoms with van der Waals surface area (Å²) in [5.41, 5.74) is 1.52. The molecule has 3 heteroatoms. The maximum absolute atomic E-state index is 2.71. The number of nitrogens with zero attached hydrogens (tertiary/aromatic N) is 1. The molecule has 1 fully saturated rings. The molecule has 0 bridgehead atoms. The van der Waals surface area contributed by atoms with E-state index in [1.807, 2.05) is 0 Å². The van der Waals surface area contributed by atoms with Gasteiger partial charge in [0, 0.05) is 14.6 Å². The zero-order valence-corrected chi connectivity index (χ0v) is 17.6. The number of hydrogen-bond acceptors (Lipinski definition) is 1. The Morgan fingerprint density at radius 2 is 1.59 bits per heavy atom. The van der Waals surface area contributed by atoms with Crippen LogP contribution in [0, 0.1) is 5.92 Å². The van der Waals surface area contributed by atoms with Crippen LogP contribution in [-0.2, 0) is 6.42 Å². The summed E-state index contributed by atoms with van der Waals surface area (Å²) in [6.45, 7) is 18.8. The van der Waals surface area contributed by atoms with Crippen molar-refractivity contribution in [1.29, 1.82) is 0 Å². The van der Waals surface area contributed by atoms with Crippen molar-refractivity contribution in [1.82, 2.24) is 4.90 Å². The molecule has 0 spiro atoms. The second-order valence-corrected chi connectivity index (χ2v) is 19.6. The lowest BCUT2D eigenvalue weighted by Gasteiger charge is -2.36. The van der Waals surface area contributed by atoms with E-state index in [9.17, 15) is 0 Å². The first kappa shape index (κ1) is 18.0. The van der Waals surface area contributed by atoms with E-state index in [1.165, 1.54) is 43.7 Å². The maximum Gasteiger partial charge on any atom is 0.0775 e. The fourth-order valence-corrected chi connectivity index (χ4v) is 6.65. The summed E-state index contributed by atoms with van der Waals surface area (Å²) in [6.07, 6.45) is 1.23. The van der Waals surface area contributed by atoms with Gasteiger partial charge in [0.05, 0.1) is 8.07 Å². The summed E-state index contributed by atoms with van der Waals surface area (Å²) in [7, 11) is -1.97. The Labute approximate surface area is 140 Å². The van der Waals surface area contributed by atoms with Crippen molar-refractivity contribution in [2.24, 2.45) is 5.92 Å². The van der Waals surface area contributed by atoms with E-state index in [0.29, 0.717) is 0 Å². The highest BCUT2D eigenvalue weighted by atomic mass is 28.3. The van der Waals surface area contributed by atoms with Gasteiger partial charge in [0.25, 0.3) is 0 Å². The van der Waals surface area contributed by atoms with Crippen LogP contribution in [0.25, 0.3) is 0 Å². The summed E-state index contributed by atoms with van der Waals surface area (Å²) >= 11 is 0. The second-order valence-electron chi connectivity index (χ2n) is 9.22. The molecule has 0 radical (unpaired) electrons. The summed E-state index contributed by atoms with van der Waals surface area (Å²) in [5, 5.41) is 1.58. The van der Waals surface area contributed by atoms with Crippen LogP contribution in [0.2, 0.25) is 44.8 Å². The van der Waals surface area contributed by atoms with Gasteiger partial charge >= 0.3 is 0 Å². The first-order valence-corrected chi connectivity index (χ1v) is 15.9. The van der Waals surface area contributed by atoms with Crippen molar-refractivity contribution in [3.05, 3.63) is 29.8 Å². The van der Waals surface area contributed by atoms with E-state index >= 15 is 0 Å². The Kier molecular flexibility index (Phi) is 5.73. The molecule has 0 saturated carbocycles. The molecule has 1 nitrogen and oxygen atoms in total. The minimum Gasteiger partial charge on any atom is -0.304 e. The predicted molar refractivity (Wildman–Crippen MR) is 106 cm³/mol. The largest absolute Gasteiger partial charge is 0.304 e. The van der Waals surface area contributed by atoms with E-state index in [1.54, 1.807) is 5.19 Å². The van der Waals surface area contributed by atoms with Crippen LogP contribution in [0.4, 0.5) is 0 Å². The molecular weight excluding hydrogens is 298 g/mol. The standard InChI is InChI=1S/C19H35NSi2/c1-17(16-20-11-13-22(5,6)14-12-20)15-18-7-9-19(10-8-18)21(2,3)4/h7-10,17H,11-16H2,1-6H3. The normalized spacial score (nSPS) is 20.8. The van der Waals surface area contributed by atoms with Crippen molar-refractivity contribution in [2.45, 2.75) is 58.2 Å². The van der Waals surface area contributed by atoms with Crippen molar-refractivity contribution >= 4 is 21.3 Å². The van der Waals surface area contributed by atoms with Crippen LogP contribution < -0.4 is 5.19 Å². The lowest BCUT2D eigenvalue weighted by atomic mass is 10.0. The van der Waals surface area contributed by atoms with Crippen molar-refractivity contribution in [3.8, 4) is 0 Å². The third-order valence-electron chi connectivity index (χ3n) is 5.18. The molecular formula is C19H35NSi2. The van der Waals surface area contributed by atoms with Gasteiger partial charge in [0.15, 0.2) is 0 Å². The van der Waals surface area contributed by atoms with Crippen LogP contribution in [0.1, 0.15) is 12.5 Å². The van der Waals surface area contributed by atoms with Gasteiger partial charge in [-0.15, -0.1) is 0 Å². The van der Waals surface area contributed by atoms with E-state index in [2.05, 4.69) is 68.8 Å². The lowest BCUT2D eigenvalue weighted by molar-refractivity contribution is 0.249. The van der Waals surface area contributed by atoms with Crippen molar-refractivity contribution in [2.75, 3.05) is 19.6 Å². The monoisotopic (exact) mass is 333 g/mol. The summed E-state index contributed by atoms with van der Waals surface area (Å²) in [4.78, 5) is 2.71. The third kappa shape index (κ3) is 5.36. The van der Waals surface area contributed by atoms with E-state index < -0.39 is 16.1 Å². The minimum atomic E-state index is -1.15. The quantitative estimate of drug-likeness (QED) is 0.720. The molecule has 0 aliphatic carbocycles. The van der Waals surface area contributed by atoms with Crippen LogP contribution >= 0.6 is 0 Å². The highest BCUT2D eigenvalue weighted by molar-refractivity contribution is 6.88. The van der Waals surface area contributed by atoms with Gasteiger partial charge in [-0.2, -0.15) is 0 Å². The molecule has 1 heterocycles. The van der Waals surface area contributed by atoms with Crippen molar-refractivity contribution < 1.29 is 0 Å². The van der Waals surface area contributed by atoms with Gasteiger partial charge in [0.2, 0.25) is 0 Å². The first-order valence-electron chi connectivity index (χ1n) is 8.97. The number of hydrogen-bond donors (Lipinski definition) is 0. The van der Waals surface area contributed by atoms with Crippen molar-refractivity contribution in [3.63, 3.8) is 0 Å². The molecule has 22 heavy (non-hydrogen) atoms. The van der Waals surface area contributed by atoms with Gasteiger partial charge < -0.3 is 4.90 Å². The lowest BCUT2D eigenvalue weighted by Crippen LogP contribution is -2.44. The number of rotatable bonds is 5. The Balaban J connectivity index is 1.83. The second kappa shape index (κ2) is 7.02. The molecule has 124 valence electrons. The fourth-order valence-electron chi connectivity index (χ4n) is 3.39. The highest BCUT2D eigenvalue weighted by Gasteiger charge is 2.27. The Morgan fingerprint density at radius 1 is 1.05 bits per heavy atom. The molecule has 0 amide bonds. The molecule has 2 rings (SSSR count). The molecule has 1 aliphatic heterocycles. The van der Waals surface area contributed by atoms with E-state index in [-0.39, 0.29) is 0 Å². The topological polar surface area (TPSA) is 3.24 Å². The van der Waals surface area contributed by atoms with Gasteiger partial charge in [0.1, 0.15) is 0 Å². The van der Waals surface area contributed by atoms with E-state index in [0.717, 1.165) is 5.92 Å². The molecule has 0 aromatic heterocycles. The Bertz CT molecular complexity index is 463. The molecule has 1 saturated heterocycles. The molecule has 0 N–H and O–H groups in total. The average molecular weight is 334 g/mol. The average Bonchev–Trinajstić information content (AvgIpc) is 2.41. The van der Waals surface area contributed by atoms with Gasteiger partial charge in [-0.1, -0.05) is 69.1 Å². The minimum absolute atomic E-state index is 0.764. The highest BCUT2D eigenvalue weighted by Crippen LogP contribution is 2.23.